The molecule has 0 spiro atoms. The van der Waals surface area contributed by atoms with Crippen molar-refractivity contribution in [2.24, 2.45) is 0 Å². The van der Waals surface area contributed by atoms with Crippen molar-refractivity contribution in [3.63, 3.8) is 0 Å². The zero-order valence-electron chi connectivity index (χ0n) is 12.9. The minimum absolute atomic E-state index is 0.0344. The van der Waals surface area contributed by atoms with Gasteiger partial charge in [-0.2, -0.15) is 0 Å². The van der Waals surface area contributed by atoms with E-state index < -0.39 is 26.3 Å². The summed E-state index contributed by atoms with van der Waals surface area (Å²) in [6, 6.07) is 4.51. The highest BCUT2D eigenvalue weighted by molar-refractivity contribution is 7.98. The Morgan fingerprint density at radius 1 is 1.32 bits per heavy atom. The number of halogens is 1. The van der Waals surface area contributed by atoms with Crippen molar-refractivity contribution >= 4 is 27.5 Å². The van der Waals surface area contributed by atoms with Crippen molar-refractivity contribution in [1.29, 1.82) is 0 Å². The zero-order chi connectivity index (χ0) is 16.5. The van der Waals surface area contributed by atoms with Gasteiger partial charge in [0.2, 0.25) is 0 Å². The Hall–Kier alpha value is -1.08. The molecule has 7 heteroatoms. The maximum atomic E-state index is 14.1. The summed E-state index contributed by atoms with van der Waals surface area (Å²) in [6.07, 6.45) is 2.13. The van der Waals surface area contributed by atoms with Crippen molar-refractivity contribution in [3.8, 4) is 0 Å². The molecule has 1 fully saturated rings. The van der Waals surface area contributed by atoms with Crippen molar-refractivity contribution < 1.29 is 17.6 Å². The SMILES string of the molecule is CSc1cccc(F)c1C(=O)N1CCC(C)(C)S(=O)(=O)CC1. The maximum absolute atomic E-state index is 14.1. The van der Waals surface area contributed by atoms with Crippen LogP contribution in [-0.2, 0) is 9.84 Å². The van der Waals surface area contributed by atoms with Crippen molar-refractivity contribution in [3.05, 3.63) is 29.6 Å². The van der Waals surface area contributed by atoms with E-state index in [-0.39, 0.29) is 17.9 Å². The van der Waals surface area contributed by atoms with Crippen LogP contribution in [0.5, 0.6) is 0 Å². The van der Waals surface area contributed by atoms with Gasteiger partial charge in [-0.1, -0.05) is 6.07 Å². The molecule has 122 valence electrons. The lowest BCUT2D eigenvalue weighted by Gasteiger charge is -2.23. The summed E-state index contributed by atoms with van der Waals surface area (Å²) in [4.78, 5) is 14.7. The van der Waals surface area contributed by atoms with Crippen LogP contribution in [0, 0.1) is 5.82 Å². The molecule has 0 unspecified atom stereocenters. The summed E-state index contributed by atoms with van der Waals surface area (Å²) < 4.78 is 37.6. The van der Waals surface area contributed by atoms with Gasteiger partial charge < -0.3 is 4.90 Å². The van der Waals surface area contributed by atoms with E-state index in [9.17, 15) is 17.6 Å². The van der Waals surface area contributed by atoms with Crippen LogP contribution in [-0.4, -0.2) is 49.1 Å². The lowest BCUT2D eigenvalue weighted by atomic mass is 10.1. The lowest BCUT2D eigenvalue weighted by molar-refractivity contribution is 0.0756. The molecule has 1 amide bonds. The Morgan fingerprint density at radius 2 is 2.00 bits per heavy atom. The van der Waals surface area contributed by atoms with E-state index in [1.165, 1.54) is 22.7 Å². The molecule has 0 radical (unpaired) electrons. The predicted octanol–water partition coefficient (Wildman–Crippen LogP) is 2.59. The average Bonchev–Trinajstić information content (AvgIpc) is 2.55. The van der Waals surface area contributed by atoms with E-state index in [0.717, 1.165) is 0 Å². The average molecular weight is 345 g/mol. The molecule has 4 nitrogen and oxygen atoms in total. The molecular formula is C15H20FNO3S2. The van der Waals surface area contributed by atoms with Gasteiger partial charge in [0, 0.05) is 18.0 Å². The predicted molar refractivity (Wildman–Crippen MR) is 86.6 cm³/mol. The summed E-state index contributed by atoms with van der Waals surface area (Å²) in [5.41, 5.74) is 0.0344. The summed E-state index contributed by atoms with van der Waals surface area (Å²) in [5.74, 6) is -1.09. The first-order valence-corrected chi connectivity index (χ1v) is 9.91. The topological polar surface area (TPSA) is 54.5 Å². The Bertz CT molecular complexity index is 686. The fraction of sp³-hybridized carbons (Fsp3) is 0.533. The van der Waals surface area contributed by atoms with Gasteiger partial charge in [-0.3, -0.25) is 4.79 Å². The first-order chi connectivity index (χ1) is 10.2. The van der Waals surface area contributed by atoms with Gasteiger partial charge in [0.1, 0.15) is 5.82 Å². The Balaban J connectivity index is 2.32. The van der Waals surface area contributed by atoms with Crippen LogP contribution in [0.1, 0.15) is 30.6 Å². The molecule has 22 heavy (non-hydrogen) atoms. The van der Waals surface area contributed by atoms with Gasteiger partial charge in [-0.25, -0.2) is 12.8 Å². The van der Waals surface area contributed by atoms with E-state index in [1.54, 1.807) is 32.2 Å². The van der Waals surface area contributed by atoms with Crippen molar-refractivity contribution in [2.45, 2.75) is 29.9 Å². The van der Waals surface area contributed by atoms with Crippen LogP contribution in [0.2, 0.25) is 0 Å². The molecule has 1 heterocycles. The highest BCUT2D eigenvalue weighted by Gasteiger charge is 2.38. The number of thioether (sulfide) groups is 1. The summed E-state index contributed by atoms with van der Waals surface area (Å²) >= 11 is 1.30. The minimum atomic E-state index is -3.26. The Kier molecular flexibility index (Phi) is 4.87. The van der Waals surface area contributed by atoms with E-state index in [0.29, 0.717) is 17.9 Å². The number of sulfone groups is 1. The third-order valence-electron chi connectivity index (χ3n) is 4.15. The second kappa shape index (κ2) is 6.20. The largest absolute Gasteiger partial charge is 0.337 e. The van der Waals surface area contributed by atoms with Gasteiger partial charge in [0.15, 0.2) is 9.84 Å². The van der Waals surface area contributed by atoms with Crippen LogP contribution in [0.4, 0.5) is 4.39 Å². The van der Waals surface area contributed by atoms with Gasteiger partial charge in [0.05, 0.1) is 16.1 Å². The molecule has 1 saturated heterocycles. The van der Waals surface area contributed by atoms with E-state index in [1.807, 2.05) is 0 Å². The molecular weight excluding hydrogens is 325 g/mol. The normalized spacial score (nSPS) is 20.5. The molecule has 1 aliphatic rings. The zero-order valence-corrected chi connectivity index (χ0v) is 14.6. The molecule has 0 aromatic heterocycles. The first kappa shape index (κ1) is 17.3. The molecule has 1 aromatic carbocycles. The van der Waals surface area contributed by atoms with Crippen LogP contribution < -0.4 is 0 Å². The molecule has 0 saturated carbocycles. The highest BCUT2D eigenvalue weighted by atomic mass is 32.2. The van der Waals surface area contributed by atoms with Gasteiger partial charge >= 0.3 is 0 Å². The number of carbonyl (C=O) groups is 1. The fourth-order valence-corrected chi connectivity index (χ4v) is 4.44. The van der Waals surface area contributed by atoms with Crippen LogP contribution >= 0.6 is 11.8 Å². The van der Waals surface area contributed by atoms with E-state index >= 15 is 0 Å². The summed E-state index contributed by atoms with van der Waals surface area (Å²) in [6.45, 7) is 3.76. The van der Waals surface area contributed by atoms with Crippen molar-refractivity contribution in [2.75, 3.05) is 25.1 Å². The fourth-order valence-electron chi connectivity index (χ4n) is 2.42. The van der Waals surface area contributed by atoms with Gasteiger partial charge in [-0.05, 0) is 38.7 Å². The third-order valence-corrected chi connectivity index (χ3v) is 7.54. The van der Waals surface area contributed by atoms with Crippen LogP contribution in [0.3, 0.4) is 0 Å². The van der Waals surface area contributed by atoms with Crippen LogP contribution in [0.25, 0.3) is 0 Å². The van der Waals surface area contributed by atoms with E-state index in [4.69, 9.17) is 0 Å². The molecule has 0 N–H and O–H groups in total. The highest BCUT2D eigenvalue weighted by Crippen LogP contribution is 2.28. The molecule has 1 aliphatic heterocycles. The smallest absolute Gasteiger partial charge is 0.258 e. The second-order valence-corrected chi connectivity index (χ2v) is 9.53. The third kappa shape index (κ3) is 3.15. The standard InChI is InChI=1S/C15H20FNO3S2/c1-15(2)7-8-17(9-10-22(15,19)20)14(18)13-11(16)5-4-6-12(13)21-3/h4-6H,7-10H2,1-3H3. The summed E-state index contributed by atoms with van der Waals surface area (Å²) in [5, 5.41) is 0. The van der Waals surface area contributed by atoms with Gasteiger partial charge in [-0.15, -0.1) is 11.8 Å². The molecule has 2 rings (SSSR count). The number of hydrogen-bond acceptors (Lipinski definition) is 4. The number of nitrogens with zero attached hydrogens (tertiary/aromatic N) is 1. The van der Waals surface area contributed by atoms with E-state index in [2.05, 4.69) is 0 Å². The second-order valence-electron chi connectivity index (χ2n) is 5.94. The first-order valence-electron chi connectivity index (χ1n) is 7.04. The van der Waals surface area contributed by atoms with Gasteiger partial charge in [0.25, 0.3) is 5.91 Å². The number of amides is 1. The number of hydrogen-bond donors (Lipinski definition) is 0. The number of rotatable bonds is 2. The molecule has 0 aliphatic carbocycles. The Labute approximate surface area is 135 Å². The number of benzene rings is 1. The minimum Gasteiger partial charge on any atom is -0.337 e. The molecule has 0 bridgehead atoms. The maximum Gasteiger partial charge on any atom is 0.258 e. The summed E-state index contributed by atoms with van der Waals surface area (Å²) in [7, 11) is -3.26. The van der Waals surface area contributed by atoms with Crippen molar-refractivity contribution in [1.82, 2.24) is 4.90 Å². The number of carbonyl (C=O) groups excluding carboxylic acids is 1. The lowest BCUT2D eigenvalue weighted by Crippen LogP contribution is -2.34. The molecule has 0 atom stereocenters. The Morgan fingerprint density at radius 3 is 2.64 bits per heavy atom. The molecule has 1 aromatic rings. The monoisotopic (exact) mass is 345 g/mol. The quantitative estimate of drug-likeness (QED) is 0.773. The van der Waals surface area contributed by atoms with Crippen LogP contribution in [0.15, 0.2) is 23.1 Å².